The predicted molar refractivity (Wildman–Crippen MR) is 66.7 cm³/mol. The van der Waals surface area contributed by atoms with E-state index in [0.717, 1.165) is 6.07 Å². The van der Waals surface area contributed by atoms with Crippen molar-refractivity contribution in [1.29, 1.82) is 0 Å². The van der Waals surface area contributed by atoms with Crippen molar-refractivity contribution in [3.05, 3.63) is 34.1 Å². The number of benzene rings is 1. The van der Waals surface area contributed by atoms with Gasteiger partial charge in [0.25, 0.3) is 0 Å². The van der Waals surface area contributed by atoms with Crippen molar-refractivity contribution in [2.45, 2.75) is 32.2 Å². The van der Waals surface area contributed by atoms with Gasteiger partial charge < -0.3 is 14.9 Å². The molecule has 0 amide bonds. The molecule has 3 unspecified atom stereocenters. The first-order valence-electron chi connectivity index (χ1n) is 5.34. The molecule has 0 saturated heterocycles. The summed E-state index contributed by atoms with van der Waals surface area (Å²) in [7, 11) is 0. The zero-order valence-corrected chi connectivity index (χ0v) is 11.5. The second kappa shape index (κ2) is 6.26. The fourth-order valence-corrected chi connectivity index (χ4v) is 1.87. The first kappa shape index (κ1) is 15.1. The Morgan fingerprint density at radius 2 is 2.06 bits per heavy atom. The minimum atomic E-state index is -1.26. The Morgan fingerprint density at radius 1 is 1.44 bits per heavy atom. The van der Waals surface area contributed by atoms with Crippen molar-refractivity contribution in [2.75, 3.05) is 0 Å². The Morgan fingerprint density at radius 3 is 2.50 bits per heavy atom. The number of carboxylic acids is 1. The largest absolute Gasteiger partial charge is 0.479 e. The van der Waals surface area contributed by atoms with Crippen LogP contribution >= 0.6 is 15.9 Å². The normalized spacial score (nSPS) is 16.1. The van der Waals surface area contributed by atoms with Crippen LogP contribution in [0.25, 0.3) is 0 Å². The van der Waals surface area contributed by atoms with Crippen molar-refractivity contribution in [2.24, 2.45) is 0 Å². The minimum absolute atomic E-state index is 0.302. The molecule has 3 atom stereocenters. The van der Waals surface area contributed by atoms with Gasteiger partial charge in [-0.25, -0.2) is 9.18 Å². The van der Waals surface area contributed by atoms with Crippen molar-refractivity contribution in [3.63, 3.8) is 0 Å². The number of hydrogen-bond donors (Lipinski definition) is 2. The van der Waals surface area contributed by atoms with Gasteiger partial charge in [-0.05, 0) is 26.0 Å². The molecule has 0 bridgehead atoms. The van der Waals surface area contributed by atoms with Crippen LogP contribution < -0.4 is 0 Å². The maximum absolute atomic E-state index is 12.9. The maximum Gasteiger partial charge on any atom is 0.337 e. The van der Waals surface area contributed by atoms with Gasteiger partial charge in [0, 0.05) is 10.0 Å². The van der Waals surface area contributed by atoms with Crippen LogP contribution in [0.1, 0.15) is 25.5 Å². The molecule has 0 aliphatic rings. The molecular formula is C12H14BrFO4. The third-order valence-corrected chi connectivity index (χ3v) is 3.19. The van der Waals surface area contributed by atoms with Crippen molar-refractivity contribution >= 4 is 21.9 Å². The second-order valence-electron chi connectivity index (χ2n) is 3.97. The molecule has 0 saturated carbocycles. The van der Waals surface area contributed by atoms with E-state index in [0.29, 0.717) is 10.0 Å². The number of rotatable bonds is 5. The minimum Gasteiger partial charge on any atom is -0.479 e. The molecule has 0 aromatic heterocycles. The first-order chi connectivity index (χ1) is 8.32. The zero-order valence-electron chi connectivity index (χ0n) is 9.93. The Hall–Kier alpha value is -0.980. The Labute approximate surface area is 113 Å². The molecule has 0 aliphatic heterocycles. The number of carbonyl (C=O) groups is 1. The van der Waals surface area contributed by atoms with E-state index in [1.807, 2.05) is 0 Å². The highest BCUT2D eigenvalue weighted by molar-refractivity contribution is 9.10. The number of halogens is 2. The number of aliphatic carboxylic acids is 1. The van der Waals surface area contributed by atoms with Crippen LogP contribution in [0.4, 0.5) is 4.39 Å². The number of aliphatic hydroxyl groups excluding tert-OH is 1. The van der Waals surface area contributed by atoms with E-state index >= 15 is 0 Å². The van der Waals surface area contributed by atoms with E-state index in [9.17, 15) is 14.3 Å². The topological polar surface area (TPSA) is 66.8 Å². The van der Waals surface area contributed by atoms with Gasteiger partial charge in [-0.2, -0.15) is 0 Å². The smallest absolute Gasteiger partial charge is 0.337 e. The fourth-order valence-electron chi connectivity index (χ4n) is 1.31. The molecule has 4 nitrogen and oxygen atoms in total. The Kier molecular flexibility index (Phi) is 5.25. The van der Waals surface area contributed by atoms with E-state index < -0.39 is 30.1 Å². The summed E-state index contributed by atoms with van der Waals surface area (Å²) < 4.78 is 18.5. The Bertz CT molecular complexity index is 436. The van der Waals surface area contributed by atoms with E-state index in [4.69, 9.17) is 9.84 Å². The molecular weight excluding hydrogens is 307 g/mol. The molecule has 6 heteroatoms. The molecule has 1 rings (SSSR count). The van der Waals surface area contributed by atoms with Gasteiger partial charge in [0.1, 0.15) is 5.82 Å². The average Bonchev–Trinajstić information content (AvgIpc) is 2.26. The summed E-state index contributed by atoms with van der Waals surface area (Å²) in [5.74, 6) is -1.67. The monoisotopic (exact) mass is 320 g/mol. The third-order valence-electron chi connectivity index (χ3n) is 2.50. The summed E-state index contributed by atoms with van der Waals surface area (Å²) >= 11 is 3.10. The molecule has 0 radical (unpaired) electrons. The van der Waals surface area contributed by atoms with E-state index in [1.165, 1.54) is 19.1 Å². The summed E-state index contributed by atoms with van der Waals surface area (Å²) in [6.07, 6.45) is -2.71. The maximum atomic E-state index is 12.9. The van der Waals surface area contributed by atoms with Gasteiger partial charge in [-0.15, -0.1) is 0 Å². The summed E-state index contributed by atoms with van der Waals surface area (Å²) in [5.41, 5.74) is 0.302. The highest BCUT2D eigenvalue weighted by Gasteiger charge is 2.26. The lowest BCUT2D eigenvalue weighted by Gasteiger charge is -2.22. The zero-order chi connectivity index (χ0) is 13.9. The molecule has 0 spiro atoms. The van der Waals surface area contributed by atoms with Gasteiger partial charge in [-0.3, -0.25) is 0 Å². The molecule has 2 N–H and O–H groups in total. The highest BCUT2D eigenvalue weighted by atomic mass is 79.9. The van der Waals surface area contributed by atoms with Crippen LogP contribution in [0.15, 0.2) is 22.7 Å². The highest BCUT2D eigenvalue weighted by Crippen LogP contribution is 2.28. The van der Waals surface area contributed by atoms with E-state index in [2.05, 4.69) is 15.9 Å². The number of carboxylic acid groups (broad SMARTS) is 1. The van der Waals surface area contributed by atoms with Crippen LogP contribution in [0, 0.1) is 5.82 Å². The van der Waals surface area contributed by atoms with Gasteiger partial charge in [0.15, 0.2) is 6.10 Å². The van der Waals surface area contributed by atoms with Gasteiger partial charge in [0.2, 0.25) is 0 Å². The van der Waals surface area contributed by atoms with Crippen LogP contribution in [0.5, 0.6) is 0 Å². The molecule has 18 heavy (non-hydrogen) atoms. The standard InChI is InChI=1S/C12H14BrFO4/c1-6(15)7(2)18-11(12(16)17)9-4-3-8(14)5-10(9)13/h3-7,11,15H,1-2H3,(H,16,17). The first-order valence-corrected chi connectivity index (χ1v) is 6.13. The van der Waals surface area contributed by atoms with Crippen molar-refractivity contribution in [1.82, 2.24) is 0 Å². The SMILES string of the molecule is CC(O)C(C)OC(C(=O)O)c1ccc(F)cc1Br. The van der Waals surface area contributed by atoms with Crippen LogP contribution in [0.2, 0.25) is 0 Å². The molecule has 0 aliphatic carbocycles. The molecule has 100 valence electrons. The predicted octanol–water partition coefficient (Wildman–Crippen LogP) is 2.50. The lowest BCUT2D eigenvalue weighted by molar-refractivity contribution is -0.158. The van der Waals surface area contributed by atoms with Gasteiger partial charge in [-0.1, -0.05) is 22.0 Å². The number of ether oxygens (including phenoxy) is 1. The third kappa shape index (κ3) is 3.76. The molecule has 0 heterocycles. The van der Waals surface area contributed by atoms with Crippen LogP contribution in [-0.4, -0.2) is 28.4 Å². The number of aliphatic hydroxyl groups is 1. The quantitative estimate of drug-likeness (QED) is 0.874. The van der Waals surface area contributed by atoms with E-state index in [-0.39, 0.29) is 0 Å². The lowest BCUT2D eigenvalue weighted by atomic mass is 10.1. The average molecular weight is 321 g/mol. The fraction of sp³-hybridized carbons (Fsp3) is 0.417. The van der Waals surface area contributed by atoms with Crippen LogP contribution in [-0.2, 0) is 9.53 Å². The second-order valence-corrected chi connectivity index (χ2v) is 4.82. The lowest BCUT2D eigenvalue weighted by Crippen LogP contribution is -2.28. The van der Waals surface area contributed by atoms with Gasteiger partial charge in [0.05, 0.1) is 12.2 Å². The van der Waals surface area contributed by atoms with Crippen LogP contribution in [0.3, 0.4) is 0 Å². The summed E-state index contributed by atoms with van der Waals surface area (Å²) in [6.45, 7) is 3.07. The summed E-state index contributed by atoms with van der Waals surface area (Å²) in [5, 5.41) is 18.5. The molecule has 0 fully saturated rings. The van der Waals surface area contributed by atoms with E-state index in [1.54, 1.807) is 6.92 Å². The van der Waals surface area contributed by atoms with Gasteiger partial charge >= 0.3 is 5.97 Å². The summed E-state index contributed by atoms with van der Waals surface area (Å²) in [4.78, 5) is 11.2. The molecule has 1 aromatic rings. The molecule has 1 aromatic carbocycles. The summed E-state index contributed by atoms with van der Waals surface area (Å²) in [6, 6.07) is 3.67. The number of hydrogen-bond acceptors (Lipinski definition) is 3. The van der Waals surface area contributed by atoms with Crippen molar-refractivity contribution < 1.29 is 24.1 Å². The Balaban J connectivity index is 3.01. The van der Waals surface area contributed by atoms with Crippen molar-refractivity contribution in [3.8, 4) is 0 Å².